The van der Waals surface area contributed by atoms with Gasteiger partial charge in [0.25, 0.3) is 0 Å². The van der Waals surface area contributed by atoms with Gasteiger partial charge in [0.05, 0.1) is 16.4 Å². The van der Waals surface area contributed by atoms with E-state index >= 15 is 0 Å². The molecule has 1 aromatic rings. The number of nitrogens with two attached hydrogens (primary N) is 1. The molecule has 2 atom stereocenters. The zero-order valence-electron chi connectivity index (χ0n) is 9.80. The van der Waals surface area contributed by atoms with Gasteiger partial charge in [0.15, 0.2) is 0 Å². The van der Waals surface area contributed by atoms with Gasteiger partial charge < -0.3 is 11.1 Å². The lowest BCUT2D eigenvalue weighted by atomic mass is 10.2. The van der Waals surface area contributed by atoms with Crippen molar-refractivity contribution < 1.29 is 8.60 Å². The molecule has 0 fully saturated rings. The van der Waals surface area contributed by atoms with Gasteiger partial charge in [0.2, 0.25) is 0 Å². The molecular weight excluding hydrogens is 263 g/mol. The highest BCUT2D eigenvalue weighted by Gasteiger charge is 2.09. The maximum Gasteiger partial charge on any atom is 0.143 e. The van der Waals surface area contributed by atoms with Crippen LogP contribution in [0.4, 0.5) is 15.8 Å². The lowest BCUT2D eigenvalue weighted by Gasteiger charge is -2.16. The number of nitrogen functional groups attached to an aromatic ring is 1. The number of hydrogen-bond acceptors (Lipinski definition) is 3. The standard InChI is InChI=1S/C11H16ClFN2OS/c1-7(3-4-17(2)16)15-11-5-8(12)9(13)6-10(11)14/h5-7,15H,3-4,14H2,1-2H3. The van der Waals surface area contributed by atoms with Gasteiger partial charge in [0, 0.05) is 34.9 Å². The monoisotopic (exact) mass is 278 g/mol. The molecule has 0 spiro atoms. The Hall–Kier alpha value is -0.810. The first-order valence-electron chi connectivity index (χ1n) is 5.21. The third-order valence-electron chi connectivity index (χ3n) is 2.33. The summed E-state index contributed by atoms with van der Waals surface area (Å²) in [6.45, 7) is 1.95. The summed E-state index contributed by atoms with van der Waals surface area (Å²) in [5, 5.41) is 3.16. The highest BCUT2D eigenvalue weighted by Crippen LogP contribution is 2.26. The predicted octanol–water partition coefficient (Wildman–Crippen LogP) is 2.63. The second kappa shape index (κ2) is 6.21. The van der Waals surface area contributed by atoms with E-state index in [0.29, 0.717) is 17.1 Å². The molecule has 0 heterocycles. The molecule has 3 N–H and O–H groups in total. The van der Waals surface area contributed by atoms with Crippen molar-refractivity contribution in [3.8, 4) is 0 Å². The molecular formula is C11H16ClFN2OS. The first kappa shape index (κ1) is 14.3. The molecule has 0 aliphatic carbocycles. The van der Waals surface area contributed by atoms with Crippen LogP contribution in [0.3, 0.4) is 0 Å². The van der Waals surface area contributed by atoms with E-state index in [1.165, 1.54) is 12.1 Å². The Morgan fingerprint density at radius 1 is 1.59 bits per heavy atom. The van der Waals surface area contributed by atoms with Crippen molar-refractivity contribution in [1.82, 2.24) is 0 Å². The van der Waals surface area contributed by atoms with E-state index in [9.17, 15) is 8.60 Å². The summed E-state index contributed by atoms with van der Waals surface area (Å²) in [6.07, 6.45) is 2.41. The summed E-state index contributed by atoms with van der Waals surface area (Å²) in [6, 6.07) is 2.75. The zero-order valence-corrected chi connectivity index (χ0v) is 11.4. The summed E-state index contributed by atoms with van der Waals surface area (Å²) < 4.78 is 24.0. The van der Waals surface area contributed by atoms with Crippen molar-refractivity contribution >= 4 is 33.8 Å². The van der Waals surface area contributed by atoms with Crippen LogP contribution >= 0.6 is 11.6 Å². The Morgan fingerprint density at radius 2 is 2.24 bits per heavy atom. The highest BCUT2D eigenvalue weighted by molar-refractivity contribution is 7.84. The van der Waals surface area contributed by atoms with Crippen LogP contribution in [0.25, 0.3) is 0 Å². The topological polar surface area (TPSA) is 55.1 Å². The van der Waals surface area contributed by atoms with E-state index in [1.54, 1.807) is 6.26 Å². The Bertz CT molecular complexity index is 428. The average molecular weight is 279 g/mol. The quantitative estimate of drug-likeness (QED) is 0.814. The van der Waals surface area contributed by atoms with Gasteiger partial charge in [-0.25, -0.2) is 4.39 Å². The molecule has 0 radical (unpaired) electrons. The van der Waals surface area contributed by atoms with Gasteiger partial charge in [0.1, 0.15) is 5.82 Å². The van der Waals surface area contributed by atoms with Crippen LogP contribution in [-0.4, -0.2) is 22.3 Å². The summed E-state index contributed by atoms with van der Waals surface area (Å²) >= 11 is 5.68. The fourth-order valence-corrected chi connectivity index (χ4v) is 2.22. The third-order valence-corrected chi connectivity index (χ3v) is 3.43. The Morgan fingerprint density at radius 3 is 2.82 bits per heavy atom. The van der Waals surface area contributed by atoms with Gasteiger partial charge in [-0.1, -0.05) is 11.6 Å². The molecule has 0 saturated heterocycles. The minimum atomic E-state index is -0.815. The molecule has 0 aromatic heterocycles. The van der Waals surface area contributed by atoms with E-state index in [1.807, 2.05) is 6.92 Å². The minimum absolute atomic E-state index is 0.0352. The number of halogens is 2. The number of nitrogens with one attached hydrogen (secondary N) is 1. The van der Waals surface area contributed by atoms with Crippen molar-refractivity contribution in [2.75, 3.05) is 23.1 Å². The molecule has 6 heteroatoms. The van der Waals surface area contributed by atoms with Gasteiger partial charge in [-0.3, -0.25) is 4.21 Å². The van der Waals surface area contributed by atoms with Crippen LogP contribution in [0.2, 0.25) is 5.02 Å². The second-order valence-corrected chi connectivity index (χ2v) is 5.93. The average Bonchev–Trinajstić information content (AvgIpc) is 2.23. The molecule has 0 aliphatic rings. The summed E-state index contributed by atoms with van der Waals surface area (Å²) in [4.78, 5) is 0. The van der Waals surface area contributed by atoms with Crippen molar-refractivity contribution in [2.45, 2.75) is 19.4 Å². The summed E-state index contributed by atoms with van der Waals surface area (Å²) in [5.74, 6) is 0.0836. The van der Waals surface area contributed by atoms with E-state index in [2.05, 4.69) is 5.32 Å². The first-order valence-corrected chi connectivity index (χ1v) is 7.31. The largest absolute Gasteiger partial charge is 0.397 e. The Kier molecular flexibility index (Phi) is 5.21. The van der Waals surface area contributed by atoms with Crippen LogP contribution in [0.15, 0.2) is 12.1 Å². The molecule has 17 heavy (non-hydrogen) atoms. The highest BCUT2D eigenvalue weighted by atomic mass is 35.5. The smallest absolute Gasteiger partial charge is 0.143 e. The number of rotatable bonds is 5. The predicted molar refractivity (Wildman–Crippen MR) is 72.5 cm³/mol. The molecule has 1 rings (SSSR count). The normalized spacial score (nSPS) is 14.4. The fourth-order valence-electron chi connectivity index (χ4n) is 1.37. The third kappa shape index (κ3) is 4.52. The summed E-state index contributed by atoms with van der Waals surface area (Å²) in [5.41, 5.74) is 6.59. The van der Waals surface area contributed by atoms with E-state index in [-0.39, 0.29) is 11.1 Å². The van der Waals surface area contributed by atoms with E-state index in [0.717, 1.165) is 6.42 Å². The van der Waals surface area contributed by atoms with E-state index in [4.69, 9.17) is 17.3 Å². The molecule has 0 saturated carbocycles. The maximum absolute atomic E-state index is 13.1. The fraction of sp³-hybridized carbons (Fsp3) is 0.455. The van der Waals surface area contributed by atoms with Gasteiger partial charge in [-0.2, -0.15) is 0 Å². The van der Waals surface area contributed by atoms with E-state index < -0.39 is 16.6 Å². The first-order chi connectivity index (χ1) is 7.90. The van der Waals surface area contributed by atoms with Crippen LogP contribution in [0.5, 0.6) is 0 Å². The molecule has 1 aromatic carbocycles. The molecule has 2 unspecified atom stereocenters. The lowest BCUT2D eigenvalue weighted by Crippen LogP contribution is -2.18. The van der Waals surface area contributed by atoms with Gasteiger partial charge in [-0.05, 0) is 19.4 Å². The molecule has 3 nitrogen and oxygen atoms in total. The number of benzene rings is 1. The van der Waals surface area contributed by atoms with Crippen LogP contribution in [0, 0.1) is 5.82 Å². The van der Waals surface area contributed by atoms with Crippen LogP contribution in [0.1, 0.15) is 13.3 Å². The van der Waals surface area contributed by atoms with Crippen LogP contribution in [-0.2, 0) is 10.8 Å². The van der Waals surface area contributed by atoms with Crippen molar-refractivity contribution in [1.29, 1.82) is 0 Å². The van der Waals surface area contributed by atoms with Gasteiger partial charge >= 0.3 is 0 Å². The summed E-state index contributed by atoms with van der Waals surface area (Å²) in [7, 11) is -0.815. The Balaban J connectivity index is 2.68. The van der Waals surface area contributed by atoms with Crippen LogP contribution < -0.4 is 11.1 Å². The Labute approximate surface area is 108 Å². The second-order valence-electron chi connectivity index (χ2n) is 3.96. The SMILES string of the molecule is CC(CCS(C)=O)Nc1cc(Cl)c(F)cc1N. The van der Waals surface area contributed by atoms with Crippen molar-refractivity contribution in [3.63, 3.8) is 0 Å². The van der Waals surface area contributed by atoms with Crippen molar-refractivity contribution in [3.05, 3.63) is 23.0 Å². The van der Waals surface area contributed by atoms with Gasteiger partial charge in [-0.15, -0.1) is 0 Å². The van der Waals surface area contributed by atoms with Crippen molar-refractivity contribution in [2.24, 2.45) is 0 Å². The number of anilines is 2. The molecule has 0 amide bonds. The zero-order chi connectivity index (χ0) is 13.0. The number of hydrogen-bond donors (Lipinski definition) is 2. The maximum atomic E-state index is 13.1. The molecule has 96 valence electrons. The lowest BCUT2D eigenvalue weighted by molar-refractivity contribution is 0.629. The minimum Gasteiger partial charge on any atom is -0.397 e. The molecule has 0 aliphatic heterocycles. The molecule has 0 bridgehead atoms.